The van der Waals surface area contributed by atoms with Crippen LogP contribution in [0.4, 0.5) is 0 Å². The summed E-state index contributed by atoms with van der Waals surface area (Å²) in [5, 5.41) is 11.2. The smallest absolute Gasteiger partial charge is 0.0764 e. The van der Waals surface area contributed by atoms with Crippen LogP contribution in [0.3, 0.4) is 0 Å². The molecule has 0 bridgehead atoms. The summed E-state index contributed by atoms with van der Waals surface area (Å²) < 4.78 is 0. The highest BCUT2D eigenvalue weighted by molar-refractivity contribution is 5.24. The quantitative estimate of drug-likeness (QED) is 0.858. The lowest BCUT2D eigenvalue weighted by Gasteiger charge is -2.34. The Morgan fingerprint density at radius 3 is 1.48 bits per heavy atom. The highest BCUT2D eigenvalue weighted by Crippen LogP contribution is 2.31. The highest BCUT2D eigenvalue weighted by atomic mass is 16.3. The number of aliphatic hydroxyl groups is 1. The molecule has 2 rings (SSSR count). The zero-order chi connectivity index (χ0) is 15.3. The van der Waals surface area contributed by atoms with Crippen LogP contribution in [0, 0.1) is 11.8 Å². The van der Waals surface area contributed by atoms with Crippen molar-refractivity contribution in [2.24, 2.45) is 5.41 Å². The van der Waals surface area contributed by atoms with E-state index in [9.17, 15) is 5.11 Å². The molecule has 0 aliphatic heterocycles. The Bertz CT molecular complexity index is 496. The van der Waals surface area contributed by atoms with E-state index in [1.807, 2.05) is 36.4 Å². The van der Waals surface area contributed by atoms with Gasteiger partial charge in [0.05, 0.1) is 5.60 Å². The average molecular weight is 281 g/mol. The van der Waals surface area contributed by atoms with Gasteiger partial charge in [-0.05, 0) is 23.0 Å². The fourth-order valence-electron chi connectivity index (χ4n) is 2.87. The molecule has 21 heavy (non-hydrogen) atoms. The maximum Gasteiger partial charge on any atom is 0.0764 e. The van der Waals surface area contributed by atoms with Crippen LogP contribution in [0.25, 0.3) is 0 Å². The Labute approximate surface area is 128 Å². The molecule has 0 amide bonds. The van der Waals surface area contributed by atoms with E-state index in [2.05, 4.69) is 51.5 Å². The van der Waals surface area contributed by atoms with Crippen LogP contribution in [-0.2, 0) is 12.8 Å². The van der Waals surface area contributed by atoms with Gasteiger partial charge in [0.2, 0.25) is 0 Å². The first-order valence-corrected chi connectivity index (χ1v) is 7.54. The largest absolute Gasteiger partial charge is 0.389 e. The summed E-state index contributed by atoms with van der Waals surface area (Å²) in [6.45, 7) is 6.40. The van der Waals surface area contributed by atoms with E-state index in [1.54, 1.807) is 0 Å². The van der Waals surface area contributed by atoms with Crippen molar-refractivity contribution < 1.29 is 5.11 Å². The minimum absolute atomic E-state index is 0.0295. The normalized spacial score (nSPS) is 12.4. The summed E-state index contributed by atoms with van der Waals surface area (Å²) in [5.74, 6) is 0. The summed E-state index contributed by atoms with van der Waals surface area (Å²) in [5.41, 5.74) is 1.46. The topological polar surface area (TPSA) is 20.2 Å². The number of rotatable bonds is 5. The van der Waals surface area contributed by atoms with Gasteiger partial charge in [-0.3, -0.25) is 0 Å². The molecular weight excluding hydrogens is 256 g/mol. The van der Waals surface area contributed by atoms with E-state index in [0.29, 0.717) is 12.8 Å². The first-order valence-electron chi connectivity index (χ1n) is 7.54. The van der Waals surface area contributed by atoms with E-state index < -0.39 is 5.60 Å². The van der Waals surface area contributed by atoms with Gasteiger partial charge in [0.15, 0.2) is 0 Å². The van der Waals surface area contributed by atoms with Crippen molar-refractivity contribution >= 4 is 0 Å². The second-order valence-electron chi connectivity index (χ2n) is 6.94. The van der Waals surface area contributed by atoms with Crippen molar-refractivity contribution in [1.29, 1.82) is 0 Å². The average Bonchev–Trinajstić information content (AvgIpc) is 2.38. The zero-order valence-electron chi connectivity index (χ0n) is 13.2. The molecule has 1 nitrogen and oxygen atoms in total. The molecule has 0 unspecified atom stereocenters. The molecule has 0 aromatic heterocycles. The molecule has 0 atom stereocenters. The van der Waals surface area contributed by atoms with E-state index in [4.69, 9.17) is 0 Å². The maximum absolute atomic E-state index is 11.2. The third kappa shape index (κ3) is 5.35. The van der Waals surface area contributed by atoms with Crippen LogP contribution in [0.15, 0.2) is 60.7 Å². The molecule has 0 saturated carbocycles. The summed E-state index contributed by atoms with van der Waals surface area (Å²) in [6.07, 6.45) is 3.36. The third-order valence-corrected chi connectivity index (χ3v) is 3.41. The predicted molar refractivity (Wildman–Crippen MR) is 89.0 cm³/mol. The Kier molecular flexibility index (Phi) is 4.84. The van der Waals surface area contributed by atoms with Gasteiger partial charge >= 0.3 is 0 Å². The molecule has 2 aromatic carbocycles. The van der Waals surface area contributed by atoms with Gasteiger partial charge in [-0.25, -0.2) is 0 Å². The molecule has 0 fully saturated rings. The molecule has 1 radical (unpaired) electrons. The minimum Gasteiger partial charge on any atom is -0.389 e. The van der Waals surface area contributed by atoms with E-state index >= 15 is 0 Å². The van der Waals surface area contributed by atoms with E-state index in [-0.39, 0.29) is 5.41 Å². The lowest BCUT2D eigenvalue weighted by atomic mass is 9.76. The molecule has 0 spiro atoms. The van der Waals surface area contributed by atoms with Gasteiger partial charge < -0.3 is 5.11 Å². The van der Waals surface area contributed by atoms with Crippen LogP contribution in [0.2, 0.25) is 0 Å². The second-order valence-corrected chi connectivity index (χ2v) is 6.94. The fourth-order valence-corrected chi connectivity index (χ4v) is 2.87. The lowest BCUT2D eigenvalue weighted by Crippen LogP contribution is -2.39. The Balaban J connectivity index is 2.21. The van der Waals surface area contributed by atoms with Crippen LogP contribution >= 0.6 is 0 Å². The Morgan fingerprint density at radius 2 is 1.14 bits per heavy atom. The minimum atomic E-state index is -0.832. The molecular formula is C20H25O. The first-order chi connectivity index (χ1) is 9.86. The van der Waals surface area contributed by atoms with Crippen molar-refractivity contribution in [3.05, 3.63) is 78.2 Å². The van der Waals surface area contributed by atoms with Gasteiger partial charge in [-0.2, -0.15) is 0 Å². The SMILES string of the molecule is CC(C)(C)[CH]C(O)(Cc1ccccc1)Cc1ccccc1. The molecule has 0 saturated heterocycles. The third-order valence-electron chi connectivity index (χ3n) is 3.41. The Morgan fingerprint density at radius 1 is 0.762 bits per heavy atom. The van der Waals surface area contributed by atoms with Crippen LogP contribution in [0.5, 0.6) is 0 Å². The summed E-state index contributed by atoms with van der Waals surface area (Å²) in [7, 11) is 0. The van der Waals surface area contributed by atoms with Gasteiger partial charge in [0.1, 0.15) is 0 Å². The number of hydrogen-bond acceptors (Lipinski definition) is 1. The van der Waals surface area contributed by atoms with Crippen molar-refractivity contribution in [1.82, 2.24) is 0 Å². The lowest BCUT2D eigenvalue weighted by molar-refractivity contribution is 0.0544. The van der Waals surface area contributed by atoms with Crippen molar-refractivity contribution in [2.75, 3.05) is 0 Å². The molecule has 2 aromatic rings. The standard InChI is InChI=1S/C20H25O/c1-19(2,3)16-20(21,14-17-10-6-4-7-11-17)15-18-12-8-5-9-13-18/h4-13,16,21H,14-15H2,1-3H3. The summed E-state index contributed by atoms with van der Waals surface area (Å²) in [6, 6.07) is 20.4. The summed E-state index contributed by atoms with van der Waals surface area (Å²) >= 11 is 0. The van der Waals surface area contributed by atoms with E-state index in [1.165, 1.54) is 0 Å². The van der Waals surface area contributed by atoms with Crippen molar-refractivity contribution in [2.45, 2.75) is 39.2 Å². The van der Waals surface area contributed by atoms with Crippen LogP contribution < -0.4 is 0 Å². The van der Waals surface area contributed by atoms with Crippen molar-refractivity contribution in [3.63, 3.8) is 0 Å². The monoisotopic (exact) mass is 281 g/mol. The number of benzene rings is 2. The molecule has 1 N–H and O–H groups in total. The first kappa shape index (κ1) is 15.8. The fraction of sp³-hybridized carbons (Fsp3) is 0.350. The molecule has 111 valence electrons. The number of hydrogen-bond donors (Lipinski definition) is 1. The maximum atomic E-state index is 11.2. The van der Waals surface area contributed by atoms with Crippen molar-refractivity contribution in [3.8, 4) is 0 Å². The summed E-state index contributed by atoms with van der Waals surface area (Å²) in [4.78, 5) is 0. The molecule has 0 aliphatic carbocycles. The molecule has 1 heteroatoms. The second kappa shape index (κ2) is 6.44. The Hall–Kier alpha value is -1.60. The zero-order valence-corrected chi connectivity index (χ0v) is 13.2. The highest BCUT2D eigenvalue weighted by Gasteiger charge is 2.33. The van der Waals surface area contributed by atoms with Gasteiger partial charge in [-0.1, -0.05) is 81.4 Å². The molecule has 0 heterocycles. The van der Waals surface area contributed by atoms with E-state index in [0.717, 1.165) is 11.1 Å². The van der Waals surface area contributed by atoms with Gasteiger partial charge in [-0.15, -0.1) is 0 Å². The van der Waals surface area contributed by atoms with Crippen LogP contribution in [-0.4, -0.2) is 10.7 Å². The predicted octanol–water partition coefficient (Wildman–Crippen LogP) is 4.45. The van der Waals surface area contributed by atoms with Gasteiger partial charge in [0.25, 0.3) is 0 Å². The van der Waals surface area contributed by atoms with Gasteiger partial charge in [0, 0.05) is 12.8 Å². The molecule has 0 aliphatic rings. The van der Waals surface area contributed by atoms with Crippen LogP contribution in [0.1, 0.15) is 31.9 Å².